The predicted molar refractivity (Wildman–Crippen MR) is 79.7 cm³/mol. The fraction of sp³-hybridized carbons (Fsp3) is 0.538. The Kier molecular flexibility index (Phi) is 5.22. The average Bonchev–Trinajstić information content (AvgIpc) is 2.34. The summed E-state index contributed by atoms with van der Waals surface area (Å²) in [4.78, 5) is 0. The van der Waals surface area contributed by atoms with E-state index < -0.39 is 5.60 Å². The third kappa shape index (κ3) is 3.78. The molecule has 0 aliphatic carbocycles. The van der Waals surface area contributed by atoms with Crippen LogP contribution in [0.3, 0.4) is 0 Å². The van der Waals surface area contributed by atoms with Crippen molar-refractivity contribution in [2.45, 2.75) is 25.0 Å². The summed E-state index contributed by atoms with van der Waals surface area (Å²) in [5.41, 5.74) is 0.327. The summed E-state index contributed by atoms with van der Waals surface area (Å²) in [5.74, 6) is 2.07. The molecule has 1 aliphatic heterocycles. The Hall–Kier alpha value is 0.0700. The van der Waals surface area contributed by atoms with E-state index >= 15 is 0 Å². The van der Waals surface area contributed by atoms with E-state index in [2.05, 4.69) is 5.32 Å². The lowest BCUT2D eigenvalue weighted by Crippen LogP contribution is -2.43. The van der Waals surface area contributed by atoms with Crippen LogP contribution in [-0.4, -0.2) is 28.8 Å². The molecule has 0 saturated carbocycles. The monoisotopic (exact) mass is 305 g/mol. The Balaban J connectivity index is 1.88. The van der Waals surface area contributed by atoms with Gasteiger partial charge in [0.1, 0.15) is 0 Å². The summed E-state index contributed by atoms with van der Waals surface area (Å²) in [6.45, 7) is 1.18. The smallest absolute Gasteiger partial charge is 0.0787 e. The normalized spacial score (nSPS) is 18.8. The molecule has 1 aromatic rings. The lowest BCUT2D eigenvalue weighted by molar-refractivity contribution is 0.0320. The first-order valence-electron chi connectivity index (χ1n) is 6.04. The van der Waals surface area contributed by atoms with Crippen molar-refractivity contribution >= 4 is 35.0 Å². The summed E-state index contributed by atoms with van der Waals surface area (Å²) in [6, 6.07) is 5.49. The van der Waals surface area contributed by atoms with E-state index in [1.165, 1.54) is 0 Å². The standard InChI is InChI=1S/C13H17Cl2NOS/c14-11-2-1-3-12(15)10(11)8-16-9-13(17)4-6-18-7-5-13/h1-3,16-17H,4-9H2. The van der Waals surface area contributed by atoms with E-state index in [9.17, 15) is 5.11 Å². The topological polar surface area (TPSA) is 32.3 Å². The van der Waals surface area contributed by atoms with Gasteiger partial charge < -0.3 is 10.4 Å². The molecule has 0 bridgehead atoms. The second kappa shape index (κ2) is 6.49. The van der Waals surface area contributed by atoms with E-state index in [1.807, 2.05) is 30.0 Å². The molecule has 0 aromatic heterocycles. The molecular weight excluding hydrogens is 289 g/mol. The van der Waals surface area contributed by atoms with Gasteiger partial charge in [0.05, 0.1) is 5.60 Å². The Bertz CT molecular complexity index is 388. The van der Waals surface area contributed by atoms with E-state index in [0.29, 0.717) is 23.1 Å². The van der Waals surface area contributed by atoms with Crippen LogP contribution in [0.5, 0.6) is 0 Å². The Morgan fingerprint density at radius 1 is 1.22 bits per heavy atom. The lowest BCUT2D eigenvalue weighted by atomic mass is 9.97. The van der Waals surface area contributed by atoms with Crippen LogP contribution in [0, 0.1) is 0 Å². The molecule has 0 atom stereocenters. The van der Waals surface area contributed by atoms with E-state index in [0.717, 1.165) is 29.9 Å². The van der Waals surface area contributed by atoms with Crippen LogP contribution in [0.4, 0.5) is 0 Å². The van der Waals surface area contributed by atoms with Crippen LogP contribution >= 0.6 is 35.0 Å². The highest BCUT2D eigenvalue weighted by atomic mass is 35.5. The summed E-state index contributed by atoms with van der Waals surface area (Å²) >= 11 is 14.1. The maximum absolute atomic E-state index is 10.3. The predicted octanol–water partition coefficient (Wildman–Crippen LogP) is 3.34. The van der Waals surface area contributed by atoms with Crippen molar-refractivity contribution < 1.29 is 5.11 Å². The van der Waals surface area contributed by atoms with Gasteiger partial charge in [-0.3, -0.25) is 0 Å². The zero-order chi connectivity index (χ0) is 13.0. The van der Waals surface area contributed by atoms with Gasteiger partial charge in [-0.2, -0.15) is 11.8 Å². The van der Waals surface area contributed by atoms with Crippen molar-refractivity contribution in [2.24, 2.45) is 0 Å². The molecule has 1 heterocycles. The zero-order valence-electron chi connectivity index (χ0n) is 10.1. The quantitative estimate of drug-likeness (QED) is 0.895. The van der Waals surface area contributed by atoms with Crippen molar-refractivity contribution in [3.8, 4) is 0 Å². The highest BCUT2D eigenvalue weighted by molar-refractivity contribution is 7.99. The summed E-state index contributed by atoms with van der Waals surface area (Å²) in [5, 5.41) is 14.9. The SMILES string of the molecule is OC1(CNCc2c(Cl)cccc2Cl)CCSCC1. The molecule has 18 heavy (non-hydrogen) atoms. The number of hydrogen-bond acceptors (Lipinski definition) is 3. The largest absolute Gasteiger partial charge is 0.389 e. The maximum atomic E-state index is 10.3. The van der Waals surface area contributed by atoms with Gasteiger partial charge in [-0.05, 0) is 36.5 Å². The molecule has 0 spiro atoms. The van der Waals surface area contributed by atoms with Crippen molar-refractivity contribution in [2.75, 3.05) is 18.1 Å². The first-order chi connectivity index (χ1) is 8.61. The van der Waals surface area contributed by atoms with Crippen molar-refractivity contribution in [1.29, 1.82) is 0 Å². The van der Waals surface area contributed by atoms with Crippen LogP contribution < -0.4 is 5.32 Å². The molecule has 100 valence electrons. The Morgan fingerprint density at radius 2 is 1.83 bits per heavy atom. The third-order valence-corrected chi connectivity index (χ3v) is 4.93. The number of hydrogen-bond donors (Lipinski definition) is 2. The van der Waals surface area contributed by atoms with Crippen molar-refractivity contribution in [3.05, 3.63) is 33.8 Å². The molecule has 2 N–H and O–H groups in total. The number of thioether (sulfide) groups is 1. The van der Waals surface area contributed by atoms with Gasteiger partial charge in [-0.15, -0.1) is 0 Å². The molecule has 1 saturated heterocycles. The minimum atomic E-state index is -0.570. The zero-order valence-corrected chi connectivity index (χ0v) is 12.4. The van der Waals surface area contributed by atoms with Crippen LogP contribution in [-0.2, 0) is 6.54 Å². The van der Waals surface area contributed by atoms with Gasteiger partial charge >= 0.3 is 0 Å². The number of rotatable bonds is 4. The molecular formula is C13H17Cl2NOS. The Morgan fingerprint density at radius 3 is 2.44 bits per heavy atom. The van der Waals surface area contributed by atoms with Gasteiger partial charge in [0.25, 0.3) is 0 Å². The van der Waals surface area contributed by atoms with E-state index in [1.54, 1.807) is 0 Å². The van der Waals surface area contributed by atoms with Gasteiger partial charge in [-0.25, -0.2) is 0 Å². The van der Waals surface area contributed by atoms with Crippen molar-refractivity contribution in [1.82, 2.24) is 5.32 Å². The van der Waals surface area contributed by atoms with Crippen LogP contribution in [0.2, 0.25) is 10.0 Å². The molecule has 2 nitrogen and oxygen atoms in total. The fourth-order valence-corrected chi connectivity index (χ4v) is 3.83. The van der Waals surface area contributed by atoms with Crippen molar-refractivity contribution in [3.63, 3.8) is 0 Å². The summed E-state index contributed by atoms with van der Waals surface area (Å²) in [7, 11) is 0. The minimum absolute atomic E-state index is 0.570. The van der Waals surface area contributed by atoms with E-state index in [-0.39, 0.29) is 0 Å². The second-order valence-corrected chi connectivity index (χ2v) is 6.68. The lowest BCUT2D eigenvalue weighted by Gasteiger charge is -2.32. The second-order valence-electron chi connectivity index (χ2n) is 4.64. The molecule has 2 rings (SSSR count). The molecule has 1 fully saturated rings. The van der Waals surface area contributed by atoms with Crippen LogP contribution in [0.25, 0.3) is 0 Å². The van der Waals surface area contributed by atoms with Crippen LogP contribution in [0.15, 0.2) is 18.2 Å². The first-order valence-corrected chi connectivity index (χ1v) is 7.95. The highest BCUT2D eigenvalue weighted by Crippen LogP contribution is 2.27. The molecule has 0 radical (unpaired) electrons. The highest BCUT2D eigenvalue weighted by Gasteiger charge is 2.28. The van der Waals surface area contributed by atoms with Gasteiger partial charge in [0, 0.05) is 28.7 Å². The molecule has 0 unspecified atom stereocenters. The average molecular weight is 306 g/mol. The fourth-order valence-electron chi connectivity index (χ4n) is 2.05. The Labute approximate surface area is 122 Å². The van der Waals surface area contributed by atoms with Gasteiger partial charge in [0.2, 0.25) is 0 Å². The van der Waals surface area contributed by atoms with Crippen LogP contribution in [0.1, 0.15) is 18.4 Å². The molecule has 0 amide bonds. The molecule has 5 heteroatoms. The number of nitrogens with one attached hydrogen (secondary N) is 1. The summed E-state index contributed by atoms with van der Waals surface area (Å²) in [6.07, 6.45) is 1.70. The number of halogens is 2. The van der Waals surface area contributed by atoms with E-state index in [4.69, 9.17) is 23.2 Å². The number of aliphatic hydroxyl groups is 1. The number of benzene rings is 1. The molecule has 1 aromatic carbocycles. The maximum Gasteiger partial charge on any atom is 0.0787 e. The van der Waals surface area contributed by atoms with Gasteiger partial charge in [-0.1, -0.05) is 29.3 Å². The third-order valence-electron chi connectivity index (χ3n) is 3.24. The minimum Gasteiger partial charge on any atom is -0.389 e. The summed E-state index contributed by atoms with van der Waals surface area (Å²) < 4.78 is 0. The van der Waals surface area contributed by atoms with Gasteiger partial charge in [0.15, 0.2) is 0 Å². The molecule has 1 aliphatic rings. The first kappa shape index (κ1) is 14.5.